The molecule has 1 saturated heterocycles. The number of aryl methyl sites for hydroxylation is 1. The third-order valence-corrected chi connectivity index (χ3v) is 16.0. The molecule has 2 heterocycles. The second-order valence-corrected chi connectivity index (χ2v) is 24.3. The van der Waals surface area contributed by atoms with Crippen molar-refractivity contribution in [2.45, 2.75) is 250 Å². The lowest BCUT2D eigenvalue weighted by molar-refractivity contribution is -0.276. The highest BCUT2D eigenvalue weighted by molar-refractivity contribution is 7.47. The number of phosphoric ester groups is 2. The van der Waals surface area contributed by atoms with Crippen molar-refractivity contribution in [3.63, 3.8) is 0 Å². The summed E-state index contributed by atoms with van der Waals surface area (Å²) in [5.74, 6) is -0.629. The van der Waals surface area contributed by atoms with Crippen molar-refractivity contribution in [1.29, 1.82) is 0 Å². The highest BCUT2D eigenvalue weighted by Crippen LogP contribution is 2.44. The van der Waals surface area contributed by atoms with Gasteiger partial charge in [0.15, 0.2) is 0 Å². The fourth-order valence-electron chi connectivity index (χ4n) is 9.11. The molecule has 5 atom stereocenters. The molecule has 1 aromatic rings. The molecule has 0 saturated carbocycles. The van der Waals surface area contributed by atoms with Crippen LogP contribution in [0.1, 0.15) is 237 Å². The van der Waals surface area contributed by atoms with Gasteiger partial charge in [0.2, 0.25) is 0 Å². The average Bonchev–Trinajstić information content (AvgIpc) is 3.81. The number of ether oxygens (including phenoxy) is 6. The van der Waals surface area contributed by atoms with E-state index in [2.05, 4.69) is 4.98 Å². The fraction of sp³-hybridized carbons (Fsp3) is 0.931. The van der Waals surface area contributed by atoms with Gasteiger partial charge < -0.3 is 63.2 Å². The van der Waals surface area contributed by atoms with E-state index < -0.39 is 52.3 Å². The highest BCUT2D eigenvalue weighted by Gasteiger charge is 2.37. The van der Waals surface area contributed by atoms with E-state index in [0.717, 1.165) is 205 Å². The Bertz CT molecular complexity index is 1720. The molecular weight excluding hydrogens is 1070 g/mol. The zero-order valence-electron chi connectivity index (χ0n) is 49.5. The van der Waals surface area contributed by atoms with Crippen LogP contribution in [-0.4, -0.2) is 131 Å². The topological polar surface area (TPSA) is 274 Å². The molecule has 22 heteroatoms. The number of hydrogen-bond donors (Lipinski definition) is 3. The van der Waals surface area contributed by atoms with E-state index in [4.69, 9.17) is 52.2 Å². The van der Waals surface area contributed by atoms with Crippen molar-refractivity contribution in [3.8, 4) is 5.88 Å². The van der Waals surface area contributed by atoms with Gasteiger partial charge in [0.25, 0.3) is 7.82 Å². The normalized spacial score (nSPS) is 17.1. The van der Waals surface area contributed by atoms with E-state index in [1.54, 1.807) is 0 Å². The van der Waals surface area contributed by atoms with Crippen LogP contribution >= 0.6 is 15.6 Å². The Morgan fingerprint density at radius 1 is 0.525 bits per heavy atom. The summed E-state index contributed by atoms with van der Waals surface area (Å²) in [6.07, 6.45) is 34.7. The van der Waals surface area contributed by atoms with E-state index in [0.29, 0.717) is 19.4 Å². The molecule has 2 unspecified atom stereocenters. The summed E-state index contributed by atoms with van der Waals surface area (Å²) in [6, 6.07) is 0. The molecular formula is C58H111N3O17P2-2. The number of aliphatic hydroxyl groups is 1. The van der Waals surface area contributed by atoms with Crippen LogP contribution in [0.5, 0.6) is 5.88 Å². The first-order valence-corrected chi connectivity index (χ1v) is 34.3. The van der Waals surface area contributed by atoms with Crippen LogP contribution < -0.4 is 21.4 Å². The molecule has 20 nitrogen and oxygen atoms in total. The van der Waals surface area contributed by atoms with E-state index in [1.165, 1.54) is 83.7 Å². The molecule has 2 rings (SSSR count). The third kappa shape index (κ3) is 44.1. The standard InChI is InChI=1S/C58H113N3O17P2/c1-53-51-61(58(64)60-57(53)63)56-50-54(62)55(78-56)52-77-80(67,68)76-49-35-21-19-32-46-73-44-30-17-15-28-42-71-40-26-13-11-24-38-69-37-23-10-12-25-39-70-41-27-14-16-29-43-72-45-31-18-20-34-48-75-79(65,66)74-47-33-9-7-5-3-2-4-6-8-22-36-59/h51,54-56,62H,2-50,52,59H2,1H3,(H,65,66)(H,67,68)(H,60,63,64)/p-2/t54-,55+,56+/m0/s1. The van der Waals surface area contributed by atoms with Crippen LogP contribution in [0, 0.1) is 6.92 Å². The van der Waals surface area contributed by atoms with Crippen LogP contribution in [0.4, 0.5) is 0 Å². The van der Waals surface area contributed by atoms with Crippen molar-refractivity contribution in [2.24, 2.45) is 5.73 Å². The monoisotopic (exact) mass is 1180 g/mol. The number of aromatic nitrogens is 2. The zero-order valence-corrected chi connectivity index (χ0v) is 51.3. The van der Waals surface area contributed by atoms with Crippen molar-refractivity contribution in [1.82, 2.24) is 9.55 Å². The number of hydrogen-bond acceptors (Lipinski definition) is 18. The molecule has 0 aliphatic carbocycles. The van der Waals surface area contributed by atoms with E-state index in [9.17, 15) is 33.9 Å². The Balaban J connectivity index is 1.18. The number of nitrogens with zero attached hydrogens (tertiary/aromatic N) is 2. The summed E-state index contributed by atoms with van der Waals surface area (Å²) in [5, 5.41) is 21.9. The first-order chi connectivity index (χ1) is 38.9. The predicted octanol–water partition coefficient (Wildman–Crippen LogP) is 11.2. The molecule has 1 aliphatic rings. The maximum Gasteiger partial charge on any atom is 0.472 e. The van der Waals surface area contributed by atoms with E-state index in [-0.39, 0.29) is 31.8 Å². The third-order valence-electron chi connectivity index (χ3n) is 14.0. The molecule has 1 fully saturated rings. The molecule has 0 aromatic carbocycles. The fourth-order valence-corrected chi connectivity index (χ4v) is 10.7. The zero-order chi connectivity index (χ0) is 57.9. The molecule has 0 bridgehead atoms. The first-order valence-electron chi connectivity index (χ1n) is 31.3. The van der Waals surface area contributed by atoms with Gasteiger partial charge in [-0.15, -0.1) is 0 Å². The lowest BCUT2D eigenvalue weighted by Crippen LogP contribution is -2.29. The van der Waals surface area contributed by atoms with Gasteiger partial charge in [-0.1, -0.05) is 128 Å². The minimum atomic E-state index is -4.36. The summed E-state index contributed by atoms with van der Waals surface area (Å²) >= 11 is 0. The Labute approximate surface area is 482 Å². The lowest BCUT2D eigenvalue weighted by Gasteiger charge is -2.22. The van der Waals surface area contributed by atoms with Gasteiger partial charge in [-0.05, 0) is 115 Å². The van der Waals surface area contributed by atoms with Gasteiger partial charge in [-0.2, -0.15) is 0 Å². The summed E-state index contributed by atoms with van der Waals surface area (Å²) in [4.78, 5) is 37.5. The van der Waals surface area contributed by atoms with Crippen LogP contribution in [0.25, 0.3) is 0 Å². The number of phosphoric acid groups is 2. The van der Waals surface area contributed by atoms with Crippen LogP contribution in [0.2, 0.25) is 0 Å². The Kier molecular flexibility index (Phi) is 48.5. The maximum atomic E-state index is 12.3. The molecule has 80 heavy (non-hydrogen) atoms. The lowest BCUT2D eigenvalue weighted by atomic mass is 10.1. The quantitative estimate of drug-likeness (QED) is 0.0404. The van der Waals surface area contributed by atoms with Gasteiger partial charge in [0, 0.05) is 78.7 Å². The summed E-state index contributed by atoms with van der Waals surface area (Å²) in [6.45, 7) is 10.3. The molecule has 472 valence electrons. The van der Waals surface area contributed by atoms with Gasteiger partial charge in [0.05, 0.1) is 32.5 Å². The summed E-state index contributed by atoms with van der Waals surface area (Å²) in [5.41, 5.74) is 4.99. The highest BCUT2D eigenvalue weighted by atomic mass is 31.2. The Morgan fingerprint density at radius 3 is 1.16 bits per heavy atom. The number of aliphatic hydroxyl groups excluding tert-OH is 1. The Morgan fingerprint density at radius 2 is 0.825 bits per heavy atom. The Hall–Kier alpha value is -1.42. The minimum Gasteiger partial charge on any atom is -0.858 e. The first kappa shape index (κ1) is 74.7. The van der Waals surface area contributed by atoms with Gasteiger partial charge in [0.1, 0.15) is 12.3 Å². The minimum absolute atomic E-state index is 0.0331. The second kappa shape index (κ2) is 52.0. The van der Waals surface area contributed by atoms with Crippen molar-refractivity contribution >= 4 is 15.6 Å². The van der Waals surface area contributed by atoms with Crippen molar-refractivity contribution < 1.29 is 75.6 Å². The predicted molar refractivity (Wildman–Crippen MR) is 309 cm³/mol. The van der Waals surface area contributed by atoms with E-state index in [1.807, 2.05) is 0 Å². The number of nitrogens with two attached hydrogens (primary N) is 1. The molecule has 4 N–H and O–H groups in total. The number of rotatable bonds is 61. The molecule has 0 radical (unpaired) electrons. The maximum absolute atomic E-state index is 12.3. The molecule has 0 amide bonds. The van der Waals surface area contributed by atoms with Gasteiger partial charge in [-0.3, -0.25) is 18.2 Å². The molecule has 0 spiro atoms. The number of unbranched alkanes of at least 4 members (excludes halogenated alkanes) is 27. The summed E-state index contributed by atoms with van der Waals surface area (Å²) in [7, 11) is -8.56. The largest absolute Gasteiger partial charge is 0.858 e. The van der Waals surface area contributed by atoms with Crippen LogP contribution in [-0.2, 0) is 55.6 Å². The van der Waals surface area contributed by atoms with E-state index >= 15 is 0 Å². The van der Waals surface area contributed by atoms with Gasteiger partial charge >= 0.3 is 13.5 Å². The van der Waals surface area contributed by atoms with Crippen molar-refractivity contribution in [3.05, 3.63) is 22.2 Å². The smallest absolute Gasteiger partial charge is 0.472 e. The van der Waals surface area contributed by atoms with Crippen LogP contribution in [0.15, 0.2) is 11.0 Å². The SMILES string of the molecule is Cc1cn([C@H]2C[C@H](O)[C@@H](COP(=O)(O)OCCCCCCOCCCCCCOCCCCCCOCCCCCCOCCCCCCOCCCCCCOP(=O)([O-])OCCCCCCCCCCCCN)O2)c(=O)nc1[O-]. The van der Waals surface area contributed by atoms with Crippen LogP contribution in [0.3, 0.4) is 0 Å². The molecule has 1 aromatic heterocycles. The summed E-state index contributed by atoms with van der Waals surface area (Å²) < 4.78 is 80.3. The van der Waals surface area contributed by atoms with Gasteiger partial charge in [-0.25, -0.2) is 14.3 Å². The van der Waals surface area contributed by atoms with Crippen molar-refractivity contribution in [2.75, 3.05) is 99.0 Å². The molecule has 1 aliphatic heterocycles. The second-order valence-electron chi connectivity index (χ2n) is 21.4. The average molecular weight is 1180 g/mol.